The highest BCUT2D eigenvalue weighted by molar-refractivity contribution is 9.11. The molecule has 0 aromatic carbocycles. The van der Waals surface area contributed by atoms with Crippen molar-refractivity contribution in [1.29, 1.82) is 0 Å². The SMILES string of the molecule is C=C(Br)CNS(=O)(=O)c1cc(Cl)c(Br)s1. The fourth-order valence-corrected chi connectivity index (χ4v) is 4.50. The Labute approximate surface area is 114 Å². The molecule has 1 N–H and O–H groups in total. The van der Waals surface area contributed by atoms with Crippen molar-refractivity contribution in [1.82, 2.24) is 4.72 Å². The lowest BCUT2D eigenvalue weighted by Crippen LogP contribution is -2.23. The zero-order chi connectivity index (χ0) is 11.6. The Morgan fingerprint density at radius 3 is 2.67 bits per heavy atom. The second-order valence-electron chi connectivity index (χ2n) is 2.53. The van der Waals surface area contributed by atoms with Crippen molar-refractivity contribution in [2.45, 2.75) is 4.21 Å². The molecule has 0 amide bonds. The van der Waals surface area contributed by atoms with Crippen molar-refractivity contribution in [3.63, 3.8) is 0 Å². The smallest absolute Gasteiger partial charge is 0.206 e. The number of thiophene rings is 1. The zero-order valence-corrected chi connectivity index (χ0v) is 12.8. The summed E-state index contributed by atoms with van der Waals surface area (Å²) in [6, 6.07) is 1.40. The number of hydrogen-bond donors (Lipinski definition) is 1. The van der Waals surface area contributed by atoms with Gasteiger partial charge in [0.25, 0.3) is 0 Å². The molecule has 1 heterocycles. The molecule has 0 radical (unpaired) electrons. The van der Waals surface area contributed by atoms with Crippen molar-refractivity contribution in [3.8, 4) is 0 Å². The molecule has 1 aromatic heterocycles. The molecule has 3 nitrogen and oxygen atoms in total. The maximum Gasteiger partial charge on any atom is 0.250 e. The highest BCUT2D eigenvalue weighted by Crippen LogP contribution is 2.34. The van der Waals surface area contributed by atoms with Gasteiger partial charge in [0.05, 0.1) is 8.81 Å². The van der Waals surface area contributed by atoms with Gasteiger partial charge in [0.2, 0.25) is 10.0 Å². The van der Waals surface area contributed by atoms with E-state index in [4.69, 9.17) is 11.6 Å². The molecular formula is C7H6Br2ClNO2S2. The molecule has 0 aliphatic carbocycles. The van der Waals surface area contributed by atoms with Crippen LogP contribution in [0.25, 0.3) is 0 Å². The molecule has 0 aliphatic rings. The van der Waals surface area contributed by atoms with E-state index < -0.39 is 10.0 Å². The van der Waals surface area contributed by atoms with E-state index in [1.807, 2.05) is 0 Å². The van der Waals surface area contributed by atoms with Gasteiger partial charge in [-0.1, -0.05) is 34.1 Å². The van der Waals surface area contributed by atoms with Crippen LogP contribution in [0.15, 0.2) is 25.1 Å². The third-order valence-corrected chi connectivity index (χ3v) is 5.97. The average molecular weight is 396 g/mol. The van der Waals surface area contributed by atoms with E-state index in [1.165, 1.54) is 6.07 Å². The molecule has 0 saturated heterocycles. The van der Waals surface area contributed by atoms with Gasteiger partial charge in [-0.15, -0.1) is 11.3 Å². The predicted molar refractivity (Wildman–Crippen MR) is 70.3 cm³/mol. The first-order valence-electron chi connectivity index (χ1n) is 3.60. The van der Waals surface area contributed by atoms with Gasteiger partial charge in [-0.2, -0.15) is 0 Å². The summed E-state index contributed by atoms with van der Waals surface area (Å²) in [6.45, 7) is 3.68. The fourth-order valence-electron chi connectivity index (χ4n) is 0.704. The largest absolute Gasteiger partial charge is 0.250 e. The lowest BCUT2D eigenvalue weighted by atomic mass is 10.7. The summed E-state index contributed by atoms with van der Waals surface area (Å²) in [6.07, 6.45) is 0. The van der Waals surface area contributed by atoms with Crippen LogP contribution >= 0.6 is 54.8 Å². The van der Waals surface area contributed by atoms with Gasteiger partial charge in [0.15, 0.2) is 0 Å². The second-order valence-corrected chi connectivity index (χ2v) is 8.42. The molecule has 84 valence electrons. The normalized spacial score (nSPS) is 11.7. The maximum atomic E-state index is 11.7. The van der Waals surface area contributed by atoms with Crippen molar-refractivity contribution in [2.75, 3.05) is 6.54 Å². The van der Waals surface area contributed by atoms with Gasteiger partial charge in [0.1, 0.15) is 4.21 Å². The second kappa shape index (κ2) is 5.29. The van der Waals surface area contributed by atoms with Crippen molar-refractivity contribution in [2.24, 2.45) is 0 Å². The van der Waals surface area contributed by atoms with Crippen LogP contribution in [0.3, 0.4) is 0 Å². The summed E-state index contributed by atoms with van der Waals surface area (Å²) in [7, 11) is -3.49. The Hall–Kier alpha value is 0.600. The van der Waals surface area contributed by atoms with Gasteiger partial charge >= 0.3 is 0 Å². The van der Waals surface area contributed by atoms with Crippen LogP contribution in [-0.2, 0) is 10.0 Å². The highest BCUT2D eigenvalue weighted by atomic mass is 79.9. The summed E-state index contributed by atoms with van der Waals surface area (Å²) in [5.74, 6) is 0. The third-order valence-electron chi connectivity index (χ3n) is 1.34. The fraction of sp³-hybridized carbons (Fsp3) is 0.143. The van der Waals surface area contributed by atoms with Crippen molar-refractivity contribution >= 4 is 64.8 Å². The lowest BCUT2D eigenvalue weighted by molar-refractivity contribution is 0.587. The van der Waals surface area contributed by atoms with Crippen LogP contribution < -0.4 is 4.72 Å². The Kier molecular flexibility index (Phi) is 4.82. The van der Waals surface area contributed by atoms with Crippen LogP contribution in [-0.4, -0.2) is 15.0 Å². The molecule has 0 bridgehead atoms. The third kappa shape index (κ3) is 3.83. The first kappa shape index (κ1) is 13.7. The van der Waals surface area contributed by atoms with Gasteiger partial charge < -0.3 is 0 Å². The van der Waals surface area contributed by atoms with Crippen LogP contribution in [0.2, 0.25) is 5.02 Å². The van der Waals surface area contributed by atoms with E-state index >= 15 is 0 Å². The molecule has 0 unspecified atom stereocenters. The molecule has 1 rings (SSSR count). The Morgan fingerprint density at radius 1 is 1.67 bits per heavy atom. The van der Waals surface area contributed by atoms with E-state index in [1.54, 1.807) is 0 Å². The molecule has 0 spiro atoms. The number of hydrogen-bond acceptors (Lipinski definition) is 3. The van der Waals surface area contributed by atoms with Crippen LogP contribution in [0.5, 0.6) is 0 Å². The van der Waals surface area contributed by atoms with E-state index in [-0.39, 0.29) is 10.8 Å². The quantitative estimate of drug-likeness (QED) is 0.850. The highest BCUT2D eigenvalue weighted by Gasteiger charge is 2.18. The van der Waals surface area contributed by atoms with Gasteiger partial charge in [-0.3, -0.25) is 0 Å². The molecule has 0 fully saturated rings. The van der Waals surface area contributed by atoms with E-state index in [9.17, 15) is 8.42 Å². The summed E-state index contributed by atoms with van der Waals surface area (Å²) in [5, 5.41) is 0.387. The molecule has 15 heavy (non-hydrogen) atoms. The lowest BCUT2D eigenvalue weighted by Gasteiger charge is -2.02. The molecular weight excluding hydrogens is 389 g/mol. The number of nitrogens with one attached hydrogen (secondary N) is 1. The van der Waals surface area contributed by atoms with Gasteiger partial charge in [-0.25, -0.2) is 13.1 Å². The van der Waals surface area contributed by atoms with E-state index in [0.717, 1.165) is 11.3 Å². The van der Waals surface area contributed by atoms with Crippen LogP contribution in [0.4, 0.5) is 0 Å². The topological polar surface area (TPSA) is 46.2 Å². The molecule has 8 heteroatoms. The van der Waals surface area contributed by atoms with Crippen LogP contribution in [0, 0.1) is 0 Å². The minimum Gasteiger partial charge on any atom is -0.206 e. The summed E-state index contributed by atoms with van der Waals surface area (Å²) in [5.41, 5.74) is 0. The standard InChI is InChI=1S/C7H6Br2ClNO2S2/c1-4(8)3-11-15(12,13)6-2-5(10)7(9)14-6/h2,11H,1,3H2. The van der Waals surface area contributed by atoms with E-state index in [0.29, 0.717) is 13.3 Å². The predicted octanol–water partition coefficient (Wildman–Crippen LogP) is 3.35. The summed E-state index contributed by atoms with van der Waals surface area (Å²) >= 11 is 13.0. The minimum atomic E-state index is -3.49. The Balaban J connectivity index is 2.91. The Morgan fingerprint density at radius 2 is 2.27 bits per heavy atom. The first-order valence-corrected chi connectivity index (χ1v) is 7.87. The number of sulfonamides is 1. The van der Waals surface area contributed by atoms with Gasteiger partial charge in [0, 0.05) is 11.0 Å². The number of rotatable bonds is 4. The molecule has 0 saturated carbocycles. The van der Waals surface area contributed by atoms with Crippen molar-refractivity contribution in [3.05, 3.63) is 25.9 Å². The zero-order valence-electron chi connectivity index (χ0n) is 7.26. The summed E-state index contributed by atoms with van der Waals surface area (Å²) < 4.78 is 27.0. The average Bonchev–Trinajstić information content (AvgIpc) is 2.45. The van der Waals surface area contributed by atoms with Gasteiger partial charge in [-0.05, 0) is 22.0 Å². The number of halogens is 3. The maximum absolute atomic E-state index is 11.7. The monoisotopic (exact) mass is 393 g/mol. The molecule has 0 aliphatic heterocycles. The molecule has 1 aromatic rings. The van der Waals surface area contributed by atoms with Crippen LogP contribution in [0.1, 0.15) is 0 Å². The molecule has 0 atom stereocenters. The van der Waals surface area contributed by atoms with Crippen molar-refractivity contribution < 1.29 is 8.42 Å². The Bertz CT molecular complexity index is 464. The first-order chi connectivity index (χ1) is 6.83. The minimum absolute atomic E-state index is 0.148. The van der Waals surface area contributed by atoms with E-state index in [2.05, 4.69) is 43.2 Å². The summed E-state index contributed by atoms with van der Waals surface area (Å²) in [4.78, 5) is 0.